The zero-order valence-corrected chi connectivity index (χ0v) is 41.1. The molecule has 5 nitrogen and oxygen atoms in total. The van der Waals surface area contributed by atoms with Crippen molar-refractivity contribution in [3.05, 3.63) is 0 Å². The van der Waals surface area contributed by atoms with Crippen molar-refractivity contribution < 1.29 is 20.6 Å². The lowest BCUT2D eigenvalue weighted by Gasteiger charge is -2.40. The molecule has 0 aliphatic rings. The normalized spacial score (nSPS) is 14.0. The van der Waals surface area contributed by atoms with E-state index >= 15 is 0 Å². The number of hydrogen-bond acceptors (Lipinski definition) is 5. The van der Waals surface area contributed by atoms with Crippen LogP contribution in [-0.4, -0.2) is 59.0 Å². The second-order valence-electron chi connectivity index (χ2n) is 18.4. The first-order valence-electron chi connectivity index (χ1n) is 18.6. The van der Waals surface area contributed by atoms with Gasteiger partial charge in [0.15, 0.2) is 41.6 Å². The van der Waals surface area contributed by atoms with Crippen LogP contribution in [0.25, 0.3) is 0 Å². The molecular formula is C33H84O5Si7. The summed E-state index contributed by atoms with van der Waals surface area (Å²) in [7, 11) is -12.5. The minimum atomic E-state index is -2.47. The van der Waals surface area contributed by atoms with Gasteiger partial charge in [0.05, 0.1) is 0 Å². The third kappa shape index (κ3) is 36.4. The van der Waals surface area contributed by atoms with Crippen molar-refractivity contribution in [1.82, 2.24) is 0 Å². The molecule has 0 aromatic heterocycles. The second-order valence-corrected chi connectivity index (χ2v) is 48.1. The van der Waals surface area contributed by atoms with E-state index in [1.165, 1.54) is 95.9 Å². The molecule has 0 atom stereocenters. The fourth-order valence-electron chi connectivity index (χ4n) is 5.79. The predicted octanol–water partition coefficient (Wildman–Crippen LogP) is 13.4. The van der Waals surface area contributed by atoms with Crippen LogP contribution in [0, 0.1) is 0 Å². The second kappa shape index (κ2) is 22.2. The monoisotopic (exact) mass is 756 g/mol. The van der Waals surface area contributed by atoms with Crippen LogP contribution in [0.4, 0.5) is 0 Å². The SMILES string of the molecule is CCCCCCCCCCCCCCCC[Si](C)(O[Si](C)(C)C)O[Si](C)(C)C.C[Si](C)(C)O[Si](C)(O[Si](C)(C)C)O[Si](C)(C)C. The van der Waals surface area contributed by atoms with Crippen LogP contribution in [0.15, 0.2) is 0 Å². The molecule has 0 N–H and O–H groups in total. The Labute approximate surface area is 292 Å². The largest absolute Gasteiger partial charge is 0.466 e. The molecule has 0 aliphatic heterocycles. The molecule has 0 amide bonds. The highest BCUT2D eigenvalue weighted by atomic mass is 28.5. The third-order valence-electron chi connectivity index (χ3n) is 6.50. The summed E-state index contributed by atoms with van der Waals surface area (Å²) in [5.74, 6) is 0. The average molecular weight is 758 g/mol. The van der Waals surface area contributed by atoms with E-state index in [2.05, 4.69) is 118 Å². The van der Waals surface area contributed by atoms with Gasteiger partial charge in [-0.2, -0.15) is 0 Å². The zero-order valence-electron chi connectivity index (χ0n) is 34.1. The Balaban J connectivity index is 0. The van der Waals surface area contributed by atoms with Crippen molar-refractivity contribution in [2.75, 3.05) is 0 Å². The van der Waals surface area contributed by atoms with Gasteiger partial charge in [-0.15, -0.1) is 0 Å². The van der Waals surface area contributed by atoms with Gasteiger partial charge in [0.2, 0.25) is 0 Å². The van der Waals surface area contributed by atoms with Crippen LogP contribution in [-0.2, 0) is 20.6 Å². The molecule has 0 aromatic rings. The molecule has 0 saturated carbocycles. The first-order chi connectivity index (χ1) is 20.1. The smallest absolute Gasteiger partial charge is 0.437 e. The van der Waals surface area contributed by atoms with Crippen LogP contribution in [0.3, 0.4) is 0 Å². The number of hydrogen-bond donors (Lipinski definition) is 0. The maximum Gasteiger partial charge on any atom is 0.466 e. The Bertz CT molecular complexity index is 679. The molecule has 0 aromatic carbocycles. The molecular weight excluding hydrogens is 673 g/mol. The van der Waals surface area contributed by atoms with Gasteiger partial charge in [-0.05, 0) is 111 Å². The van der Waals surface area contributed by atoms with E-state index in [9.17, 15) is 0 Å². The van der Waals surface area contributed by atoms with Crippen LogP contribution in [0.1, 0.15) is 96.8 Å². The lowest BCUT2D eigenvalue weighted by atomic mass is 10.0. The van der Waals surface area contributed by atoms with Crippen molar-refractivity contribution in [3.8, 4) is 0 Å². The Kier molecular flexibility index (Phi) is 23.9. The summed E-state index contributed by atoms with van der Waals surface area (Å²) in [6, 6.07) is 1.18. The summed E-state index contributed by atoms with van der Waals surface area (Å²) in [5.41, 5.74) is 0. The Morgan fingerprint density at radius 2 is 0.511 bits per heavy atom. The quantitative estimate of drug-likeness (QED) is 0.0686. The average Bonchev–Trinajstić information content (AvgIpc) is 2.72. The van der Waals surface area contributed by atoms with Gasteiger partial charge in [-0.25, -0.2) is 0 Å². The summed E-state index contributed by atoms with van der Waals surface area (Å²) >= 11 is 0. The molecule has 45 heavy (non-hydrogen) atoms. The summed E-state index contributed by atoms with van der Waals surface area (Å²) in [6.45, 7) is 40.3. The Morgan fingerprint density at radius 1 is 0.289 bits per heavy atom. The van der Waals surface area contributed by atoms with Gasteiger partial charge in [0.25, 0.3) is 0 Å². The van der Waals surface area contributed by atoms with Crippen LogP contribution in [0.2, 0.25) is 117 Å². The minimum absolute atomic E-state index is 1.18. The minimum Gasteiger partial charge on any atom is -0.437 e. The summed E-state index contributed by atoms with van der Waals surface area (Å²) in [5, 5.41) is 0. The van der Waals surface area contributed by atoms with Gasteiger partial charge < -0.3 is 20.6 Å². The molecule has 274 valence electrons. The van der Waals surface area contributed by atoms with Crippen molar-refractivity contribution in [2.45, 2.75) is 214 Å². The highest BCUT2D eigenvalue weighted by molar-refractivity contribution is 6.89. The van der Waals surface area contributed by atoms with E-state index in [-0.39, 0.29) is 0 Å². The summed E-state index contributed by atoms with van der Waals surface area (Å²) in [6.07, 6.45) is 19.8. The van der Waals surface area contributed by atoms with Crippen LogP contribution >= 0.6 is 0 Å². The zero-order chi connectivity index (χ0) is 35.6. The molecule has 0 saturated heterocycles. The molecule has 0 aliphatic carbocycles. The van der Waals surface area contributed by atoms with E-state index in [1.54, 1.807) is 0 Å². The lowest BCUT2D eigenvalue weighted by molar-refractivity contribution is 0.263. The van der Waals surface area contributed by atoms with Crippen LogP contribution in [0.5, 0.6) is 0 Å². The predicted molar refractivity (Wildman–Crippen MR) is 221 cm³/mol. The molecule has 0 bridgehead atoms. The summed E-state index contributed by atoms with van der Waals surface area (Å²) < 4.78 is 32.1. The maximum absolute atomic E-state index is 6.61. The Morgan fingerprint density at radius 3 is 0.733 bits per heavy atom. The first-order valence-corrected chi connectivity index (χ1v) is 40.4. The standard InChI is InChI=1S/C23H54O2Si3.C10H30O3Si4/c1-9-10-11-12-13-14-15-16-17-18-19-20-21-22-23-28(8,24-26(2,3)4)25-27(5,6)7;1-14(2,3)11-17(10,12-15(4,5)6)13-16(7,8)9/h9-23H2,1-8H3;1-10H3. The number of rotatable bonds is 25. The topological polar surface area (TPSA) is 46.2 Å². The summed E-state index contributed by atoms with van der Waals surface area (Å²) in [4.78, 5) is 0. The van der Waals surface area contributed by atoms with E-state index in [1.807, 2.05) is 0 Å². The fraction of sp³-hybridized carbons (Fsp3) is 1.00. The van der Waals surface area contributed by atoms with E-state index in [4.69, 9.17) is 20.6 Å². The van der Waals surface area contributed by atoms with Crippen LogP contribution < -0.4 is 0 Å². The highest BCUT2D eigenvalue weighted by Gasteiger charge is 2.45. The van der Waals surface area contributed by atoms with Crippen molar-refractivity contribution in [1.29, 1.82) is 0 Å². The lowest BCUT2D eigenvalue weighted by Crippen LogP contribution is -2.58. The molecule has 0 fully saturated rings. The molecule has 0 spiro atoms. The molecule has 12 heteroatoms. The van der Waals surface area contributed by atoms with E-state index < -0.39 is 59.0 Å². The van der Waals surface area contributed by atoms with Gasteiger partial charge in [0.1, 0.15) is 0 Å². The van der Waals surface area contributed by atoms with Gasteiger partial charge >= 0.3 is 17.4 Å². The molecule has 0 unspecified atom stereocenters. The van der Waals surface area contributed by atoms with Gasteiger partial charge in [0, 0.05) is 6.55 Å². The van der Waals surface area contributed by atoms with E-state index in [0.717, 1.165) is 0 Å². The Hall–Kier alpha value is 1.32. The molecule has 0 heterocycles. The number of unbranched alkanes of at least 4 members (excludes halogenated alkanes) is 13. The highest BCUT2D eigenvalue weighted by Crippen LogP contribution is 2.27. The van der Waals surface area contributed by atoms with E-state index in [0.29, 0.717) is 0 Å². The fourth-order valence-corrected chi connectivity index (χ4v) is 33.4. The third-order valence-corrected chi connectivity index (χ3v) is 27.9. The van der Waals surface area contributed by atoms with Crippen molar-refractivity contribution in [2.24, 2.45) is 0 Å². The first kappa shape index (κ1) is 48.4. The van der Waals surface area contributed by atoms with Crippen molar-refractivity contribution >= 4 is 59.0 Å². The van der Waals surface area contributed by atoms with Crippen molar-refractivity contribution in [3.63, 3.8) is 0 Å². The molecule has 0 radical (unpaired) electrons. The van der Waals surface area contributed by atoms with Gasteiger partial charge in [-0.1, -0.05) is 96.8 Å². The molecule has 0 rings (SSSR count). The van der Waals surface area contributed by atoms with Gasteiger partial charge in [-0.3, -0.25) is 0 Å². The maximum atomic E-state index is 6.61.